The largest absolute Gasteiger partial charge is 0.458 e. The van der Waals surface area contributed by atoms with Crippen molar-refractivity contribution in [3.05, 3.63) is 35.5 Å². The molecule has 9 heteroatoms. The van der Waals surface area contributed by atoms with Crippen LogP contribution in [0.1, 0.15) is 50.7 Å². The summed E-state index contributed by atoms with van der Waals surface area (Å²) in [6, 6.07) is 4.29. The third-order valence-electron chi connectivity index (χ3n) is 3.19. The number of ether oxygens (including phenoxy) is 2. The first-order valence-corrected chi connectivity index (χ1v) is 7.92. The van der Waals surface area contributed by atoms with Gasteiger partial charge < -0.3 is 9.47 Å². The van der Waals surface area contributed by atoms with Crippen LogP contribution in [0, 0.1) is 0 Å². The lowest BCUT2D eigenvalue weighted by atomic mass is 10.1. The van der Waals surface area contributed by atoms with Gasteiger partial charge in [0.2, 0.25) is 5.69 Å². The van der Waals surface area contributed by atoms with E-state index in [-0.39, 0.29) is 17.3 Å². The van der Waals surface area contributed by atoms with Gasteiger partial charge in [-0.2, -0.15) is 13.2 Å². The molecule has 0 aliphatic heterocycles. The van der Waals surface area contributed by atoms with E-state index in [1.54, 1.807) is 34.6 Å². The Balaban J connectivity index is 2.44. The van der Waals surface area contributed by atoms with Gasteiger partial charge in [0.05, 0.1) is 17.2 Å². The first kappa shape index (κ1) is 19.7. The average molecular weight is 371 g/mol. The van der Waals surface area contributed by atoms with E-state index in [4.69, 9.17) is 9.47 Å². The molecular weight excluding hydrogens is 351 g/mol. The molecule has 142 valence electrons. The summed E-state index contributed by atoms with van der Waals surface area (Å²) in [5, 5.41) is 7.71. The number of benzene rings is 1. The summed E-state index contributed by atoms with van der Waals surface area (Å²) < 4.78 is 50.5. The molecule has 1 aromatic carbocycles. The van der Waals surface area contributed by atoms with E-state index in [0.717, 1.165) is 12.1 Å². The van der Waals surface area contributed by atoms with Crippen LogP contribution >= 0.6 is 0 Å². The van der Waals surface area contributed by atoms with Crippen molar-refractivity contribution in [1.82, 2.24) is 15.0 Å². The minimum absolute atomic E-state index is 0.0661. The topological polar surface area (TPSA) is 66.2 Å². The Morgan fingerprint density at radius 3 is 2.38 bits per heavy atom. The number of nitrogens with zero attached hydrogens (tertiary/aromatic N) is 3. The van der Waals surface area contributed by atoms with E-state index >= 15 is 0 Å². The van der Waals surface area contributed by atoms with Gasteiger partial charge in [0.15, 0.2) is 0 Å². The quantitative estimate of drug-likeness (QED) is 0.745. The molecule has 0 radical (unpaired) electrons. The fraction of sp³-hybridized carbons (Fsp3) is 0.471. The number of rotatable bonds is 4. The van der Waals surface area contributed by atoms with Crippen LogP contribution in [0.15, 0.2) is 24.3 Å². The molecule has 0 aliphatic rings. The van der Waals surface area contributed by atoms with Gasteiger partial charge in [-0.25, -0.2) is 9.48 Å². The lowest BCUT2D eigenvalue weighted by Gasteiger charge is -2.21. The average Bonchev–Trinajstić information content (AvgIpc) is 2.89. The molecule has 0 unspecified atom stereocenters. The van der Waals surface area contributed by atoms with E-state index in [1.165, 1.54) is 16.8 Å². The number of carbonyl (C=O) groups is 1. The Morgan fingerprint density at radius 2 is 1.85 bits per heavy atom. The fourth-order valence-electron chi connectivity index (χ4n) is 2.10. The first-order chi connectivity index (χ1) is 11.9. The maximum atomic E-state index is 12.9. The molecule has 0 saturated heterocycles. The SMILES string of the molecule is CC(C)OC(=O)c1c(Oc2cccc(C(F)(F)F)c2)nnn1C(C)(C)C. The minimum Gasteiger partial charge on any atom is -0.458 e. The number of carbonyl (C=O) groups excluding carboxylic acids is 1. The van der Waals surface area contributed by atoms with Gasteiger partial charge in [0.25, 0.3) is 5.88 Å². The molecule has 0 N–H and O–H groups in total. The molecule has 0 spiro atoms. The molecule has 1 heterocycles. The fourth-order valence-corrected chi connectivity index (χ4v) is 2.10. The highest BCUT2D eigenvalue weighted by Crippen LogP contribution is 2.33. The molecule has 0 amide bonds. The van der Waals surface area contributed by atoms with Gasteiger partial charge in [0, 0.05) is 0 Å². The van der Waals surface area contributed by atoms with Crippen LogP contribution in [-0.4, -0.2) is 27.1 Å². The van der Waals surface area contributed by atoms with Crippen molar-refractivity contribution in [2.75, 3.05) is 0 Å². The van der Waals surface area contributed by atoms with Crippen LogP contribution in [0.4, 0.5) is 13.2 Å². The Bertz CT molecular complexity index is 793. The minimum atomic E-state index is -4.51. The van der Waals surface area contributed by atoms with Crippen LogP contribution in [0.25, 0.3) is 0 Å². The summed E-state index contributed by atoms with van der Waals surface area (Å²) in [5.74, 6) is -1.05. The summed E-state index contributed by atoms with van der Waals surface area (Å²) >= 11 is 0. The van der Waals surface area contributed by atoms with Crippen molar-refractivity contribution in [2.24, 2.45) is 0 Å². The smallest absolute Gasteiger partial charge is 0.416 e. The lowest BCUT2D eigenvalue weighted by molar-refractivity contribution is -0.137. The standard InChI is InChI=1S/C17H20F3N3O3/c1-10(2)25-15(24)13-14(21-22-23(13)16(3,4)5)26-12-8-6-7-11(9-12)17(18,19)20/h6-10H,1-5H3. The van der Waals surface area contributed by atoms with E-state index in [1.807, 2.05) is 0 Å². The maximum absolute atomic E-state index is 12.9. The second-order valence-corrected chi connectivity index (χ2v) is 6.91. The molecular formula is C17H20F3N3O3. The Morgan fingerprint density at radius 1 is 1.19 bits per heavy atom. The zero-order chi connectivity index (χ0) is 19.7. The summed E-state index contributed by atoms with van der Waals surface area (Å²) in [5.41, 5.74) is -1.55. The molecule has 0 aliphatic carbocycles. The number of hydrogen-bond acceptors (Lipinski definition) is 5. The number of esters is 1. The normalized spacial score (nSPS) is 12.3. The van der Waals surface area contributed by atoms with Gasteiger partial charge in [0.1, 0.15) is 5.75 Å². The monoisotopic (exact) mass is 371 g/mol. The van der Waals surface area contributed by atoms with E-state index < -0.39 is 29.4 Å². The van der Waals surface area contributed by atoms with Crippen molar-refractivity contribution in [3.8, 4) is 11.6 Å². The van der Waals surface area contributed by atoms with Gasteiger partial charge in [-0.3, -0.25) is 0 Å². The van der Waals surface area contributed by atoms with E-state index in [0.29, 0.717) is 0 Å². The molecule has 26 heavy (non-hydrogen) atoms. The number of alkyl halides is 3. The van der Waals surface area contributed by atoms with E-state index in [9.17, 15) is 18.0 Å². The first-order valence-electron chi connectivity index (χ1n) is 7.92. The highest BCUT2D eigenvalue weighted by atomic mass is 19.4. The summed E-state index contributed by atoms with van der Waals surface area (Å²) in [4.78, 5) is 12.4. The van der Waals surface area contributed by atoms with Crippen molar-refractivity contribution >= 4 is 5.97 Å². The second kappa shape index (κ2) is 6.97. The highest BCUT2D eigenvalue weighted by Gasteiger charge is 2.32. The molecule has 1 aromatic heterocycles. The molecule has 0 atom stereocenters. The zero-order valence-electron chi connectivity index (χ0n) is 15.1. The van der Waals surface area contributed by atoms with Crippen molar-refractivity contribution in [3.63, 3.8) is 0 Å². The van der Waals surface area contributed by atoms with Crippen molar-refractivity contribution in [2.45, 2.75) is 52.4 Å². The summed E-state index contributed by atoms with van der Waals surface area (Å²) in [6.07, 6.45) is -4.91. The third kappa shape index (κ3) is 4.53. The molecule has 2 rings (SSSR count). The number of halogens is 3. The predicted octanol–water partition coefficient (Wildman–Crippen LogP) is 4.41. The lowest BCUT2D eigenvalue weighted by Crippen LogP contribution is -2.28. The molecule has 2 aromatic rings. The number of aromatic nitrogens is 3. The van der Waals surface area contributed by atoms with E-state index in [2.05, 4.69) is 10.3 Å². The molecule has 0 saturated carbocycles. The summed E-state index contributed by atoms with van der Waals surface area (Å²) in [7, 11) is 0. The van der Waals surface area contributed by atoms with Gasteiger partial charge in [-0.15, -0.1) is 0 Å². The highest BCUT2D eigenvalue weighted by molar-refractivity contribution is 5.90. The van der Waals surface area contributed by atoms with Crippen molar-refractivity contribution < 1.29 is 27.4 Å². The number of hydrogen-bond donors (Lipinski definition) is 0. The molecule has 6 nitrogen and oxygen atoms in total. The molecule has 0 fully saturated rings. The van der Waals surface area contributed by atoms with Crippen LogP contribution in [0.3, 0.4) is 0 Å². The van der Waals surface area contributed by atoms with Gasteiger partial charge in [-0.05, 0) is 52.8 Å². The van der Waals surface area contributed by atoms with Crippen molar-refractivity contribution in [1.29, 1.82) is 0 Å². The van der Waals surface area contributed by atoms with Gasteiger partial charge >= 0.3 is 12.1 Å². The predicted molar refractivity (Wildman–Crippen MR) is 87.1 cm³/mol. The molecule has 0 bridgehead atoms. The third-order valence-corrected chi connectivity index (χ3v) is 3.19. The van der Waals surface area contributed by atoms with Crippen LogP contribution in [0.5, 0.6) is 11.6 Å². The van der Waals surface area contributed by atoms with Crippen LogP contribution in [-0.2, 0) is 16.5 Å². The maximum Gasteiger partial charge on any atom is 0.416 e. The van der Waals surface area contributed by atoms with Crippen LogP contribution in [0.2, 0.25) is 0 Å². The Labute approximate surface area is 148 Å². The van der Waals surface area contributed by atoms with Crippen LogP contribution < -0.4 is 4.74 Å². The Hall–Kier alpha value is -2.58. The zero-order valence-corrected chi connectivity index (χ0v) is 15.1. The Kier molecular flexibility index (Phi) is 5.29. The van der Waals surface area contributed by atoms with Gasteiger partial charge in [-0.1, -0.05) is 16.4 Å². The summed E-state index contributed by atoms with van der Waals surface area (Å²) in [6.45, 7) is 8.73. The second-order valence-electron chi connectivity index (χ2n) is 6.91.